The molecule has 1 amide bonds. The number of hydrogen-bond acceptors (Lipinski definition) is 2. The quantitative estimate of drug-likeness (QED) is 0.688. The van der Waals surface area contributed by atoms with Crippen LogP contribution >= 0.6 is 11.6 Å². The summed E-state index contributed by atoms with van der Waals surface area (Å²) in [6, 6.07) is 0. The number of carbonyl (C=O) groups excluding carboxylic acids is 1. The Bertz CT molecular complexity index is 175. The first kappa shape index (κ1) is 10.8. The van der Waals surface area contributed by atoms with E-state index in [9.17, 15) is 4.79 Å². The molecule has 76 valence electrons. The molecule has 1 aliphatic carbocycles. The molecule has 0 bridgehead atoms. The zero-order valence-electron chi connectivity index (χ0n) is 7.94. The minimum Gasteiger partial charge on any atom is -0.372 e. The van der Waals surface area contributed by atoms with Crippen LogP contribution in [0.4, 0.5) is 0 Å². The number of carbonyl (C=O) groups is 1. The third-order valence-corrected chi connectivity index (χ3v) is 2.92. The van der Waals surface area contributed by atoms with Crippen LogP contribution in [0, 0.1) is 0 Å². The topological polar surface area (TPSA) is 38.3 Å². The standard InChI is InChI=1S/C9H16ClNO2/c1-2-13-6-8(12)11-9(7-10)4-3-5-9/h2-7H2,1H3,(H,11,12). The Balaban J connectivity index is 2.25. The maximum Gasteiger partial charge on any atom is 0.246 e. The lowest BCUT2D eigenvalue weighted by Gasteiger charge is -2.40. The number of halogens is 1. The fourth-order valence-corrected chi connectivity index (χ4v) is 1.76. The third kappa shape index (κ3) is 2.85. The fraction of sp³-hybridized carbons (Fsp3) is 0.889. The largest absolute Gasteiger partial charge is 0.372 e. The summed E-state index contributed by atoms with van der Waals surface area (Å²) in [5, 5.41) is 2.92. The lowest BCUT2D eigenvalue weighted by atomic mass is 9.78. The number of rotatable bonds is 5. The second-order valence-corrected chi connectivity index (χ2v) is 3.72. The molecule has 0 saturated heterocycles. The van der Waals surface area contributed by atoms with Gasteiger partial charge in [-0.3, -0.25) is 4.79 Å². The zero-order chi connectivity index (χ0) is 9.73. The lowest BCUT2D eigenvalue weighted by molar-refractivity contribution is -0.128. The van der Waals surface area contributed by atoms with Gasteiger partial charge in [0.1, 0.15) is 6.61 Å². The molecule has 0 spiro atoms. The highest BCUT2D eigenvalue weighted by Crippen LogP contribution is 2.32. The van der Waals surface area contributed by atoms with Crippen LogP contribution in [-0.4, -0.2) is 30.5 Å². The van der Waals surface area contributed by atoms with Gasteiger partial charge in [-0.15, -0.1) is 11.6 Å². The van der Waals surface area contributed by atoms with Gasteiger partial charge in [0.15, 0.2) is 0 Å². The molecule has 0 radical (unpaired) electrons. The van der Waals surface area contributed by atoms with Crippen LogP contribution in [0.15, 0.2) is 0 Å². The van der Waals surface area contributed by atoms with Gasteiger partial charge in [-0.2, -0.15) is 0 Å². The van der Waals surface area contributed by atoms with Crippen LogP contribution in [0.5, 0.6) is 0 Å². The Morgan fingerprint density at radius 2 is 2.31 bits per heavy atom. The van der Waals surface area contributed by atoms with E-state index in [1.807, 2.05) is 6.92 Å². The average Bonchev–Trinajstić information content (AvgIpc) is 2.08. The molecule has 1 saturated carbocycles. The van der Waals surface area contributed by atoms with Gasteiger partial charge >= 0.3 is 0 Å². The minimum atomic E-state index is -0.129. The molecule has 13 heavy (non-hydrogen) atoms. The van der Waals surface area contributed by atoms with Crippen molar-refractivity contribution in [1.82, 2.24) is 5.32 Å². The number of nitrogens with one attached hydrogen (secondary N) is 1. The van der Waals surface area contributed by atoms with Gasteiger partial charge in [0.25, 0.3) is 0 Å². The maximum absolute atomic E-state index is 11.3. The van der Waals surface area contributed by atoms with Crippen molar-refractivity contribution in [3.63, 3.8) is 0 Å². The van der Waals surface area contributed by atoms with Gasteiger partial charge in [-0.05, 0) is 26.2 Å². The molecule has 0 aliphatic heterocycles. The minimum absolute atomic E-state index is 0.0535. The summed E-state index contributed by atoms with van der Waals surface area (Å²) in [7, 11) is 0. The van der Waals surface area contributed by atoms with Gasteiger partial charge in [-0.25, -0.2) is 0 Å². The smallest absolute Gasteiger partial charge is 0.246 e. The van der Waals surface area contributed by atoms with E-state index < -0.39 is 0 Å². The molecule has 0 atom stereocenters. The summed E-state index contributed by atoms with van der Waals surface area (Å²) < 4.78 is 5.00. The molecule has 0 unspecified atom stereocenters. The monoisotopic (exact) mass is 205 g/mol. The second-order valence-electron chi connectivity index (χ2n) is 3.45. The summed E-state index contributed by atoms with van der Waals surface area (Å²) in [6.07, 6.45) is 3.14. The molecule has 0 aromatic rings. The van der Waals surface area contributed by atoms with E-state index in [0.29, 0.717) is 12.5 Å². The molecular weight excluding hydrogens is 190 g/mol. The van der Waals surface area contributed by atoms with Crippen LogP contribution in [0.2, 0.25) is 0 Å². The molecule has 0 aromatic carbocycles. The molecule has 1 N–H and O–H groups in total. The highest BCUT2D eigenvalue weighted by molar-refractivity contribution is 6.18. The van der Waals surface area contributed by atoms with Crippen LogP contribution in [0.3, 0.4) is 0 Å². The Morgan fingerprint density at radius 3 is 2.69 bits per heavy atom. The molecule has 0 heterocycles. The second kappa shape index (κ2) is 4.82. The Morgan fingerprint density at radius 1 is 1.62 bits per heavy atom. The Labute approximate surface area is 83.8 Å². The number of alkyl halides is 1. The average molecular weight is 206 g/mol. The van der Waals surface area contributed by atoms with Gasteiger partial charge in [0.2, 0.25) is 5.91 Å². The third-order valence-electron chi connectivity index (χ3n) is 2.41. The van der Waals surface area contributed by atoms with Crippen molar-refractivity contribution in [2.24, 2.45) is 0 Å². The summed E-state index contributed by atoms with van der Waals surface area (Å²) in [6.45, 7) is 2.59. The predicted octanol–water partition coefficient (Wildman–Crippen LogP) is 1.30. The number of ether oxygens (including phenoxy) is 1. The van der Waals surface area contributed by atoms with Crippen molar-refractivity contribution >= 4 is 17.5 Å². The highest BCUT2D eigenvalue weighted by atomic mass is 35.5. The summed E-state index contributed by atoms with van der Waals surface area (Å²) in [4.78, 5) is 11.3. The first-order valence-electron chi connectivity index (χ1n) is 4.67. The van der Waals surface area contributed by atoms with Crippen molar-refractivity contribution in [2.45, 2.75) is 31.7 Å². The van der Waals surface area contributed by atoms with Gasteiger partial charge in [0, 0.05) is 12.5 Å². The number of hydrogen-bond donors (Lipinski definition) is 1. The SMILES string of the molecule is CCOCC(=O)NC1(CCl)CCC1. The van der Waals surface area contributed by atoms with E-state index in [1.54, 1.807) is 0 Å². The van der Waals surface area contributed by atoms with Gasteiger partial charge in [0.05, 0.1) is 5.54 Å². The molecule has 3 nitrogen and oxygen atoms in total. The number of amides is 1. The molecule has 0 aromatic heterocycles. The first-order valence-corrected chi connectivity index (χ1v) is 5.20. The Kier molecular flexibility index (Phi) is 4.00. The molecule has 1 fully saturated rings. The molecule has 1 aliphatic rings. The summed E-state index contributed by atoms with van der Waals surface area (Å²) in [5.74, 6) is 0.451. The van der Waals surface area contributed by atoms with E-state index in [2.05, 4.69) is 5.32 Å². The fourth-order valence-electron chi connectivity index (χ4n) is 1.42. The van der Waals surface area contributed by atoms with Crippen molar-refractivity contribution in [1.29, 1.82) is 0 Å². The predicted molar refractivity (Wildman–Crippen MR) is 51.9 cm³/mol. The van der Waals surface area contributed by atoms with Crippen LogP contribution < -0.4 is 5.32 Å². The maximum atomic E-state index is 11.3. The van der Waals surface area contributed by atoms with Crippen molar-refractivity contribution in [3.8, 4) is 0 Å². The zero-order valence-corrected chi connectivity index (χ0v) is 8.69. The van der Waals surface area contributed by atoms with E-state index in [0.717, 1.165) is 19.3 Å². The van der Waals surface area contributed by atoms with E-state index >= 15 is 0 Å². The van der Waals surface area contributed by atoms with Crippen LogP contribution in [0.25, 0.3) is 0 Å². The van der Waals surface area contributed by atoms with Gasteiger partial charge < -0.3 is 10.1 Å². The van der Waals surface area contributed by atoms with E-state index in [4.69, 9.17) is 16.3 Å². The van der Waals surface area contributed by atoms with E-state index in [-0.39, 0.29) is 18.1 Å². The van der Waals surface area contributed by atoms with Crippen molar-refractivity contribution in [3.05, 3.63) is 0 Å². The lowest BCUT2D eigenvalue weighted by Crippen LogP contribution is -2.55. The first-order chi connectivity index (χ1) is 6.22. The summed E-state index contributed by atoms with van der Waals surface area (Å²) >= 11 is 5.78. The Hall–Kier alpha value is -0.280. The highest BCUT2D eigenvalue weighted by Gasteiger charge is 2.37. The van der Waals surface area contributed by atoms with Crippen LogP contribution in [-0.2, 0) is 9.53 Å². The van der Waals surface area contributed by atoms with Crippen molar-refractivity contribution in [2.75, 3.05) is 19.1 Å². The normalized spacial score (nSPS) is 19.2. The summed E-state index contributed by atoms with van der Waals surface area (Å²) in [5.41, 5.74) is -0.129. The molecular formula is C9H16ClNO2. The van der Waals surface area contributed by atoms with Crippen LogP contribution in [0.1, 0.15) is 26.2 Å². The van der Waals surface area contributed by atoms with E-state index in [1.165, 1.54) is 0 Å². The van der Waals surface area contributed by atoms with Gasteiger partial charge in [-0.1, -0.05) is 0 Å². The van der Waals surface area contributed by atoms with Crippen molar-refractivity contribution < 1.29 is 9.53 Å². The molecule has 4 heteroatoms. The molecule has 1 rings (SSSR count).